The van der Waals surface area contributed by atoms with Crippen LogP contribution in [0.3, 0.4) is 0 Å². The maximum atomic E-state index is 9.98. The van der Waals surface area contributed by atoms with Crippen LogP contribution in [0.1, 0.15) is 48.8 Å². The average Bonchev–Trinajstić information content (AvgIpc) is 2.36. The third-order valence-electron chi connectivity index (χ3n) is 4.45. The maximum Gasteiger partial charge on any atom is 0.119 e. The summed E-state index contributed by atoms with van der Waals surface area (Å²) in [7, 11) is 0. The van der Waals surface area contributed by atoms with Gasteiger partial charge in [0.05, 0.1) is 0 Å². The largest absolute Gasteiger partial charge is 0.508 e. The molecule has 0 bridgehead atoms. The molecular weight excluding hydrogens is 210 g/mol. The minimum atomic E-state index is 0.105. The molecule has 1 aromatic rings. The van der Waals surface area contributed by atoms with E-state index in [1.165, 1.54) is 30.4 Å². The van der Waals surface area contributed by atoms with Crippen molar-refractivity contribution in [3.05, 3.63) is 28.8 Å². The monoisotopic (exact) mass is 233 g/mol. The van der Waals surface area contributed by atoms with Crippen molar-refractivity contribution in [1.82, 2.24) is 0 Å². The summed E-state index contributed by atoms with van der Waals surface area (Å²) in [5, 5.41) is 9.98. The highest BCUT2D eigenvalue weighted by Crippen LogP contribution is 2.40. The lowest BCUT2D eigenvalue weighted by Gasteiger charge is -2.37. The van der Waals surface area contributed by atoms with Crippen LogP contribution in [0.4, 0.5) is 0 Å². The summed E-state index contributed by atoms with van der Waals surface area (Å²) >= 11 is 0. The van der Waals surface area contributed by atoms with Crippen LogP contribution < -0.4 is 5.73 Å². The zero-order valence-corrected chi connectivity index (χ0v) is 10.9. The van der Waals surface area contributed by atoms with Crippen LogP contribution in [-0.4, -0.2) is 11.7 Å². The summed E-state index contributed by atoms with van der Waals surface area (Å²) in [5.74, 6) is 0.415. The molecule has 2 heteroatoms. The highest BCUT2D eigenvalue weighted by atomic mass is 16.3. The van der Waals surface area contributed by atoms with Crippen molar-refractivity contribution in [2.45, 2.75) is 51.4 Å². The number of hydrogen-bond acceptors (Lipinski definition) is 2. The normalized spacial score (nSPS) is 19.2. The van der Waals surface area contributed by atoms with Gasteiger partial charge in [-0.25, -0.2) is 0 Å². The van der Waals surface area contributed by atoms with E-state index in [1.807, 2.05) is 13.0 Å². The highest BCUT2D eigenvalue weighted by Gasteiger charge is 2.33. The molecule has 0 aliphatic heterocycles. The van der Waals surface area contributed by atoms with Gasteiger partial charge in [0.15, 0.2) is 0 Å². The molecule has 1 fully saturated rings. The number of phenolic OH excluding ortho intramolecular Hbond substituents is 1. The Morgan fingerprint density at radius 1 is 1.18 bits per heavy atom. The molecule has 0 atom stereocenters. The predicted octanol–water partition coefficient (Wildman–Crippen LogP) is 3.17. The number of rotatable bonds is 2. The van der Waals surface area contributed by atoms with Crippen molar-refractivity contribution in [2.75, 3.05) is 6.54 Å². The molecule has 0 spiro atoms. The second kappa shape index (κ2) is 4.69. The first-order chi connectivity index (χ1) is 8.09. The van der Waals surface area contributed by atoms with Crippen molar-refractivity contribution in [1.29, 1.82) is 0 Å². The fourth-order valence-electron chi connectivity index (χ4n) is 2.99. The van der Waals surface area contributed by atoms with Crippen LogP contribution in [0.25, 0.3) is 0 Å². The molecule has 94 valence electrons. The number of hydrogen-bond donors (Lipinski definition) is 2. The van der Waals surface area contributed by atoms with Crippen molar-refractivity contribution in [3.63, 3.8) is 0 Å². The van der Waals surface area contributed by atoms with Gasteiger partial charge in [-0.3, -0.25) is 0 Å². The third-order valence-corrected chi connectivity index (χ3v) is 4.45. The lowest BCUT2D eigenvalue weighted by Crippen LogP contribution is -2.37. The molecule has 0 amide bonds. The van der Waals surface area contributed by atoms with Crippen molar-refractivity contribution >= 4 is 0 Å². The van der Waals surface area contributed by atoms with E-state index >= 15 is 0 Å². The Morgan fingerprint density at radius 3 is 2.35 bits per heavy atom. The number of aryl methyl sites for hydroxylation is 1. The smallest absolute Gasteiger partial charge is 0.119 e. The summed E-state index contributed by atoms with van der Waals surface area (Å²) < 4.78 is 0. The standard InChI is InChI=1S/C15H23NO/c1-11-8-13(9-14(17)12(11)2)15(10-16)6-4-3-5-7-15/h8-9,17H,3-7,10,16H2,1-2H3. The molecule has 0 saturated heterocycles. The van der Waals surface area contributed by atoms with Crippen molar-refractivity contribution < 1.29 is 5.11 Å². The van der Waals surface area contributed by atoms with Gasteiger partial charge < -0.3 is 10.8 Å². The van der Waals surface area contributed by atoms with E-state index in [4.69, 9.17) is 5.73 Å². The first-order valence-electron chi connectivity index (χ1n) is 6.60. The molecule has 1 aromatic carbocycles. The van der Waals surface area contributed by atoms with Crippen molar-refractivity contribution in [3.8, 4) is 5.75 Å². The molecule has 2 nitrogen and oxygen atoms in total. The Labute approximate surface area is 104 Å². The lowest BCUT2D eigenvalue weighted by molar-refractivity contribution is 0.299. The van der Waals surface area contributed by atoms with Gasteiger partial charge >= 0.3 is 0 Å². The quantitative estimate of drug-likeness (QED) is 0.824. The van der Waals surface area contributed by atoms with Crippen LogP contribution in [0.5, 0.6) is 5.75 Å². The second-order valence-corrected chi connectivity index (χ2v) is 5.48. The molecule has 0 unspecified atom stereocenters. The van der Waals surface area contributed by atoms with E-state index in [1.54, 1.807) is 0 Å². The van der Waals surface area contributed by atoms with Crippen LogP contribution in [0.2, 0.25) is 0 Å². The fraction of sp³-hybridized carbons (Fsp3) is 0.600. The molecule has 17 heavy (non-hydrogen) atoms. The Kier molecular flexibility index (Phi) is 3.43. The Morgan fingerprint density at radius 2 is 1.82 bits per heavy atom. The minimum Gasteiger partial charge on any atom is -0.508 e. The number of aromatic hydroxyl groups is 1. The van der Waals surface area contributed by atoms with E-state index in [9.17, 15) is 5.11 Å². The van der Waals surface area contributed by atoms with Gasteiger partial charge in [0, 0.05) is 12.0 Å². The van der Waals surface area contributed by atoms with Gasteiger partial charge in [0.1, 0.15) is 5.75 Å². The average molecular weight is 233 g/mol. The SMILES string of the molecule is Cc1cc(C2(CN)CCCCC2)cc(O)c1C. The summed E-state index contributed by atoms with van der Waals surface area (Å²) in [6, 6.07) is 4.15. The van der Waals surface area contributed by atoms with Gasteiger partial charge in [-0.2, -0.15) is 0 Å². The minimum absolute atomic E-state index is 0.105. The van der Waals surface area contributed by atoms with E-state index in [-0.39, 0.29) is 5.41 Å². The molecule has 0 aromatic heterocycles. The summed E-state index contributed by atoms with van der Waals surface area (Å²) in [5.41, 5.74) is 9.52. The van der Waals surface area contributed by atoms with E-state index in [2.05, 4.69) is 13.0 Å². The zero-order chi connectivity index (χ0) is 12.5. The molecule has 0 heterocycles. The first-order valence-corrected chi connectivity index (χ1v) is 6.60. The molecule has 1 saturated carbocycles. The predicted molar refractivity (Wildman–Crippen MR) is 71.4 cm³/mol. The topological polar surface area (TPSA) is 46.2 Å². The summed E-state index contributed by atoms with van der Waals surface area (Å²) in [4.78, 5) is 0. The van der Waals surface area contributed by atoms with Gasteiger partial charge in [-0.05, 0) is 49.4 Å². The van der Waals surface area contributed by atoms with Gasteiger partial charge in [-0.1, -0.05) is 25.3 Å². The summed E-state index contributed by atoms with van der Waals surface area (Å²) in [6.45, 7) is 4.71. The third kappa shape index (κ3) is 2.19. The Hall–Kier alpha value is -1.02. The molecule has 0 radical (unpaired) electrons. The van der Waals surface area contributed by atoms with Gasteiger partial charge in [0.25, 0.3) is 0 Å². The van der Waals surface area contributed by atoms with E-state index < -0.39 is 0 Å². The number of phenols is 1. The highest BCUT2D eigenvalue weighted by molar-refractivity contribution is 5.44. The molecular formula is C15H23NO. The number of nitrogens with two attached hydrogens (primary N) is 1. The van der Waals surface area contributed by atoms with Crippen LogP contribution in [0.15, 0.2) is 12.1 Å². The van der Waals surface area contributed by atoms with Crippen LogP contribution in [-0.2, 0) is 5.41 Å². The second-order valence-electron chi connectivity index (χ2n) is 5.48. The van der Waals surface area contributed by atoms with E-state index in [0.717, 1.165) is 18.4 Å². The molecule has 2 rings (SSSR count). The van der Waals surface area contributed by atoms with Gasteiger partial charge in [-0.15, -0.1) is 0 Å². The zero-order valence-electron chi connectivity index (χ0n) is 10.9. The first kappa shape index (κ1) is 12.4. The lowest BCUT2D eigenvalue weighted by atomic mass is 9.69. The maximum absolute atomic E-state index is 9.98. The van der Waals surface area contributed by atoms with Gasteiger partial charge in [0.2, 0.25) is 0 Å². The Bertz CT molecular complexity index is 382. The van der Waals surface area contributed by atoms with Crippen LogP contribution in [0, 0.1) is 13.8 Å². The molecule has 1 aliphatic carbocycles. The number of benzene rings is 1. The summed E-state index contributed by atoms with van der Waals surface area (Å²) in [6.07, 6.45) is 6.14. The Balaban J connectivity index is 2.43. The fourth-order valence-corrected chi connectivity index (χ4v) is 2.99. The molecule has 3 N–H and O–H groups in total. The van der Waals surface area contributed by atoms with E-state index in [0.29, 0.717) is 12.3 Å². The van der Waals surface area contributed by atoms with Crippen molar-refractivity contribution in [2.24, 2.45) is 5.73 Å². The molecule has 1 aliphatic rings. The van der Waals surface area contributed by atoms with Crippen LogP contribution >= 0.6 is 0 Å².